The van der Waals surface area contributed by atoms with Crippen molar-refractivity contribution >= 4 is 17.5 Å². The molecule has 9 heteroatoms. The van der Waals surface area contributed by atoms with Crippen LogP contribution in [0, 0.1) is 0 Å². The van der Waals surface area contributed by atoms with E-state index in [2.05, 4.69) is 15.3 Å². The molecule has 1 aliphatic heterocycles. The van der Waals surface area contributed by atoms with Gasteiger partial charge in [-0.15, -0.1) is 0 Å². The summed E-state index contributed by atoms with van der Waals surface area (Å²) in [5.41, 5.74) is 1.39. The van der Waals surface area contributed by atoms with Crippen LogP contribution in [0.3, 0.4) is 0 Å². The van der Waals surface area contributed by atoms with Crippen molar-refractivity contribution in [2.24, 2.45) is 0 Å². The fourth-order valence-corrected chi connectivity index (χ4v) is 3.94. The summed E-state index contributed by atoms with van der Waals surface area (Å²) < 4.78 is 6.99. The molecule has 31 heavy (non-hydrogen) atoms. The van der Waals surface area contributed by atoms with Crippen LogP contribution >= 0.6 is 11.6 Å². The maximum atomic E-state index is 12.8. The Morgan fingerprint density at radius 3 is 2.90 bits per heavy atom. The molecule has 3 aromatic rings. The number of rotatable bonds is 5. The van der Waals surface area contributed by atoms with Gasteiger partial charge in [0, 0.05) is 36.3 Å². The maximum Gasteiger partial charge on any atom is 0.255 e. The molecule has 2 aromatic heterocycles. The average molecular weight is 440 g/mol. The molecule has 1 atom stereocenters. The van der Waals surface area contributed by atoms with Crippen LogP contribution in [0.4, 0.5) is 0 Å². The van der Waals surface area contributed by atoms with E-state index in [1.54, 1.807) is 35.0 Å². The van der Waals surface area contributed by atoms with E-state index in [0.29, 0.717) is 46.6 Å². The zero-order chi connectivity index (χ0) is 21.8. The standard InChI is InChI=1S/C22H22ClN5O3/c1-31-19-10-15(23)5-6-16(19)22(30)25-12-14-4-2-3-9-28-20(29)11-18(27-21(14)28)17-7-8-24-13-26-17/h5-8,10-11,13-14H,2-4,9,12H2,1H3,(H,25,30). The molecule has 0 bridgehead atoms. The van der Waals surface area contributed by atoms with Gasteiger partial charge in [-0.05, 0) is 37.1 Å². The molecule has 0 fully saturated rings. The number of methoxy groups -OCH3 is 1. The second-order valence-corrected chi connectivity index (χ2v) is 7.77. The van der Waals surface area contributed by atoms with E-state index in [1.165, 1.54) is 19.5 Å². The summed E-state index contributed by atoms with van der Waals surface area (Å²) in [6, 6.07) is 8.11. The number of nitrogens with one attached hydrogen (secondary N) is 1. The summed E-state index contributed by atoms with van der Waals surface area (Å²) >= 11 is 5.99. The predicted molar refractivity (Wildman–Crippen MR) is 116 cm³/mol. The molecule has 0 radical (unpaired) electrons. The monoisotopic (exact) mass is 439 g/mol. The smallest absolute Gasteiger partial charge is 0.255 e. The van der Waals surface area contributed by atoms with Crippen LogP contribution in [-0.4, -0.2) is 39.1 Å². The third-order valence-corrected chi connectivity index (χ3v) is 5.58. The van der Waals surface area contributed by atoms with Crippen molar-refractivity contribution in [1.82, 2.24) is 24.8 Å². The number of carbonyl (C=O) groups is 1. The minimum atomic E-state index is -0.265. The molecule has 0 saturated heterocycles. The molecule has 0 saturated carbocycles. The third kappa shape index (κ3) is 4.59. The summed E-state index contributed by atoms with van der Waals surface area (Å²) in [7, 11) is 1.50. The normalized spacial score (nSPS) is 15.6. The lowest BCUT2D eigenvalue weighted by atomic mass is 10.0. The number of amides is 1. The minimum Gasteiger partial charge on any atom is -0.496 e. The lowest BCUT2D eigenvalue weighted by molar-refractivity contribution is 0.0947. The van der Waals surface area contributed by atoms with Crippen LogP contribution in [0.1, 0.15) is 41.4 Å². The molecule has 8 nitrogen and oxygen atoms in total. The average Bonchev–Trinajstić information content (AvgIpc) is 3.00. The van der Waals surface area contributed by atoms with Gasteiger partial charge in [-0.25, -0.2) is 15.0 Å². The van der Waals surface area contributed by atoms with Crippen molar-refractivity contribution in [3.05, 3.63) is 69.6 Å². The van der Waals surface area contributed by atoms with Gasteiger partial charge in [0.25, 0.3) is 11.5 Å². The predicted octanol–water partition coefficient (Wildman–Crippen LogP) is 3.06. The number of nitrogens with zero attached hydrogens (tertiary/aromatic N) is 4. The van der Waals surface area contributed by atoms with Gasteiger partial charge in [0.15, 0.2) is 0 Å². The second-order valence-electron chi connectivity index (χ2n) is 7.33. The Morgan fingerprint density at radius 2 is 2.13 bits per heavy atom. The van der Waals surface area contributed by atoms with Gasteiger partial charge in [0.05, 0.1) is 24.1 Å². The number of hydrogen-bond acceptors (Lipinski definition) is 6. The van der Waals surface area contributed by atoms with E-state index >= 15 is 0 Å². The van der Waals surface area contributed by atoms with E-state index in [4.69, 9.17) is 21.3 Å². The van der Waals surface area contributed by atoms with Crippen LogP contribution in [-0.2, 0) is 6.54 Å². The summed E-state index contributed by atoms with van der Waals surface area (Å²) in [6.07, 6.45) is 5.69. The first-order chi connectivity index (χ1) is 15.1. The van der Waals surface area contributed by atoms with Crippen molar-refractivity contribution in [3.63, 3.8) is 0 Å². The van der Waals surface area contributed by atoms with Gasteiger partial charge in [0.2, 0.25) is 0 Å². The Morgan fingerprint density at radius 1 is 1.26 bits per heavy atom. The van der Waals surface area contributed by atoms with E-state index in [-0.39, 0.29) is 17.4 Å². The van der Waals surface area contributed by atoms with Crippen LogP contribution < -0.4 is 15.6 Å². The van der Waals surface area contributed by atoms with Gasteiger partial charge in [0.1, 0.15) is 17.9 Å². The Hall–Kier alpha value is -3.26. The largest absolute Gasteiger partial charge is 0.496 e. The van der Waals surface area contributed by atoms with Crippen LogP contribution in [0.5, 0.6) is 5.75 Å². The number of fused-ring (bicyclic) bond motifs is 1. The molecule has 0 aliphatic carbocycles. The van der Waals surface area contributed by atoms with E-state index in [1.807, 2.05) is 0 Å². The third-order valence-electron chi connectivity index (χ3n) is 5.35. The Balaban J connectivity index is 1.61. The zero-order valence-corrected chi connectivity index (χ0v) is 17.8. The molecule has 0 spiro atoms. The van der Waals surface area contributed by atoms with Crippen LogP contribution in [0.15, 0.2) is 47.7 Å². The Bertz CT molecular complexity index is 1150. The molecule has 1 amide bonds. The van der Waals surface area contributed by atoms with Gasteiger partial charge < -0.3 is 10.1 Å². The highest BCUT2D eigenvalue weighted by atomic mass is 35.5. The molecule has 1 aliphatic rings. The highest BCUT2D eigenvalue weighted by Crippen LogP contribution is 2.26. The summed E-state index contributed by atoms with van der Waals surface area (Å²) in [5, 5.41) is 3.46. The second kappa shape index (κ2) is 9.26. The topological polar surface area (TPSA) is 99.0 Å². The number of benzene rings is 1. The van der Waals surface area contributed by atoms with Crippen molar-refractivity contribution in [3.8, 4) is 17.1 Å². The van der Waals surface area contributed by atoms with Crippen LogP contribution in [0.2, 0.25) is 5.02 Å². The van der Waals surface area contributed by atoms with Crippen molar-refractivity contribution < 1.29 is 9.53 Å². The van der Waals surface area contributed by atoms with Gasteiger partial charge >= 0.3 is 0 Å². The van der Waals surface area contributed by atoms with Gasteiger partial charge in [-0.3, -0.25) is 14.2 Å². The number of hydrogen-bond donors (Lipinski definition) is 1. The molecule has 1 unspecified atom stereocenters. The summed E-state index contributed by atoms with van der Waals surface area (Å²) in [4.78, 5) is 38.5. The number of halogens is 1. The van der Waals surface area contributed by atoms with Crippen molar-refractivity contribution in [2.45, 2.75) is 31.7 Å². The highest BCUT2D eigenvalue weighted by molar-refractivity contribution is 6.30. The Labute approximate surface area is 184 Å². The van der Waals surface area contributed by atoms with Gasteiger partial charge in [-0.1, -0.05) is 18.0 Å². The first-order valence-electron chi connectivity index (χ1n) is 10.1. The lowest BCUT2D eigenvalue weighted by Gasteiger charge is -2.19. The molecule has 1 aromatic carbocycles. The maximum absolute atomic E-state index is 12.8. The van der Waals surface area contributed by atoms with Crippen molar-refractivity contribution in [2.75, 3.05) is 13.7 Å². The molecule has 4 rings (SSSR count). The number of aromatic nitrogens is 4. The van der Waals surface area contributed by atoms with Crippen LogP contribution in [0.25, 0.3) is 11.4 Å². The summed E-state index contributed by atoms with van der Waals surface area (Å²) in [5.74, 6) is 0.714. The number of ether oxygens (including phenoxy) is 1. The molecule has 3 heterocycles. The fourth-order valence-electron chi connectivity index (χ4n) is 3.78. The fraction of sp³-hybridized carbons (Fsp3) is 0.318. The van der Waals surface area contributed by atoms with Gasteiger partial charge in [-0.2, -0.15) is 0 Å². The SMILES string of the molecule is COc1cc(Cl)ccc1C(=O)NCC1CCCCn2c1nc(-c1ccncn1)cc2=O. The zero-order valence-electron chi connectivity index (χ0n) is 17.0. The Kier molecular flexibility index (Phi) is 6.27. The summed E-state index contributed by atoms with van der Waals surface area (Å²) in [6.45, 7) is 0.963. The number of carbonyl (C=O) groups excluding carboxylic acids is 1. The first kappa shape index (κ1) is 21.0. The minimum absolute atomic E-state index is 0.0979. The molecular formula is C22H22ClN5O3. The van der Waals surface area contributed by atoms with E-state index in [0.717, 1.165) is 19.3 Å². The quantitative estimate of drug-likeness (QED) is 0.656. The lowest BCUT2D eigenvalue weighted by Crippen LogP contribution is -2.32. The van der Waals surface area contributed by atoms with E-state index in [9.17, 15) is 9.59 Å². The highest BCUT2D eigenvalue weighted by Gasteiger charge is 2.24. The molecule has 1 N–H and O–H groups in total. The first-order valence-corrected chi connectivity index (χ1v) is 10.4. The van der Waals surface area contributed by atoms with E-state index < -0.39 is 0 Å². The van der Waals surface area contributed by atoms with Crippen molar-refractivity contribution in [1.29, 1.82) is 0 Å². The molecular weight excluding hydrogens is 418 g/mol. The molecule has 160 valence electrons.